The van der Waals surface area contributed by atoms with Gasteiger partial charge in [-0.2, -0.15) is 0 Å². The minimum absolute atomic E-state index is 0.187. The first kappa shape index (κ1) is 22.3. The summed E-state index contributed by atoms with van der Waals surface area (Å²) < 4.78 is 12.7. The lowest BCUT2D eigenvalue weighted by molar-refractivity contribution is -0.117. The second-order valence-electron chi connectivity index (χ2n) is 7.77. The van der Waals surface area contributed by atoms with Crippen LogP contribution in [0.25, 0.3) is 0 Å². The van der Waals surface area contributed by atoms with Crippen LogP contribution >= 0.6 is 0 Å². The van der Waals surface area contributed by atoms with E-state index in [9.17, 15) is 4.79 Å². The first-order valence-corrected chi connectivity index (χ1v) is 11.0. The number of amides is 1. The largest absolute Gasteiger partial charge is 0.491 e. The monoisotopic (exact) mass is 437 g/mol. The number of carbonyl (C=O) groups excluding carboxylic acids is 1. The summed E-state index contributed by atoms with van der Waals surface area (Å²) in [7, 11) is 0. The van der Waals surface area contributed by atoms with E-state index in [0.29, 0.717) is 19.0 Å². The molecule has 4 aromatic rings. The molecule has 0 aromatic heterocycles. The average molecular weight is 438 g/mol. The van der Waals surface area contributed by atoms with E-state index < -0.39 is 5.60 Å². The standard InChI is InChI=1S/C29H27NO3/c30-28(31)22-23-11-10-18-27(21-23)32-19-20-33-29(24-12-4-1-5-13-24,25-14-6-2-7-15-25)26-16-8-3-9-17-26/h1-18,21H,19-20,22H2,(H2,30,31). The maximum atomic E-state index is 11.2. The number of benzene rings is 4. The molecule has 2 N–H and O–H groups in total. The highest BCUT2D eigenvalue weighted by Gasteiger charge is 2.37. The van der Waals surface area contributed by atoms with Gasteiger partial charge in [0.1, 0.15) is 18.0 Å². The zero-order valence-electron chi connectivity index (χ0n) is 18.4. The second kappa shape index (κ2) is 10.6. The van der Waals surface area contributed by atoms with Crippen molar-refractivity contribution in [3.63, 3.8) is 0 Å². The minimum Gasteiger partial charge on any atom is -0.491 e. The van der Waals surface area contributed by atoms with Crippen molar-refractivity contribution >= 4 is 5.91 Å². The van der Waals surface area contributed by atoms with E-state index >= 15 is 0 Å². The van der Waals surface area contributed by atoms with E-state index in [1.165, 1.54) is 0 Å². The van der Waals surface area contributed by atoms with Crippen LogP contribution in [0.4, 0.5) is 0 Å². The van der Waals surface area contributed by atoms with E-state index in [0.717, 1.165) is 22.3 Å². The summed E-state index contributed by atoms with van der Waals surface area (Å²) >= 11 is 0. The van der Waals surface area contributed by atoms with E-state index in [-0.39, 0.29) is 12.3 Å². The fraction of sp³-hybridized carbons (Fsp3) is 0.138. The molecule has 166 valence electrons. The third-order valence-corrected chi connectivity index (χ3v) is 5.49. The highest BCUT2D eigenvalue weighted by Crippen LogP contribution is 2.40. The van der Waals surface area contributed by atoms with Crippen molar-refractivity contribution in [3.05, 3.63) is 138 Å². The lowest BCUT2D eigenvalue weighted by Gasteiger charge is -2.36. The Morgan fingerprint density at radius 3 is 1.67 bits per heavy atom. The molecule has 0 heterocycles. The van der Waals surface area contributed by atoms with Gasteiger partial charge in [-0.25, -0.2) is 0 Å². The molecule has 0 aliphatic carbocycles. The molecule has 0 aliphatic heterocycles. The Labute approximate surface area is 194 Å². The third-order valence-electron chi connectivity index (χ3n) is 5.49. The van der Waals surface area contributed by atoms with Gasteiger partial charge in [-0.15, -0.1) is 0 Å². The molecule has 0 saturated carbocycles. The first-order chi connectivity index (χ1) is 16.2. The van der Waals surface area contributed by atoms with Crippen molar-refractivity contribution in [2.75, 3.05) is 13.2 Å². The van der Waals surface area contributed by atoms with Crippen LogP contribution in [-0.4, -0.2) is 19.1 Å². The van der Waals surface area contributed by atoms with Gasteiger partial charge in [-0.05, 0) is 34.4 Å². The van der Waals surface area contributed by atoms with Crippen LogP contribution in [0.2, 0.25) is 0 Å². The van der Waals surface area contributed by atoms with Crippen LogP contribution in [0.5, 0.6) is 5.75 Å². The molecule has 0 saturated heterocycles. The molecule has 33 heavy (non-hydrogen) atoms. The van der Waals surface area contributed by atoms with Crippen LogP contribution in [0.3, 0.4) is 0 Å². The molecule has 0 bridgehead atoms. The summed E-state index contributed by atoms with van der Waals surface area (Å²) in [5, 5.41) is 0. The summed E-state index contributed by atoms with van der Waals surface area (Å²) in [5.41, 5.74) is 8.50. The first-order valence-electron chi connectivity index (χ1n) is 11.0. The molecule has 0 atom stereocenters. The van der Waals surface area contributed by atoms with Gasteiger partial charge in [0.2, 0.25) is 5.91 Å². The summed E-state index contributed by atoms with van der Waals surface area (Å²) in [6.45, 7) is 0.715. The molecule has 4 nitrogen and oxygen atoms in total. The molecule has 0 spiro atoms. The molecule has 0 radical (unpaired) electrons. The molecular formula is C29H27NO3. The van der Waals surface area contributed by atoms with Crippen LogP contribution < -0.4 is 10.5 Å². The lowest BCUT2D eigenvalue weighted by atomic mass is 9.80. The van der Waals surface area contributed by atoms with Gasteiger partial charge in [0.25, 0.3) is 0 Å². The Bertz CT molecular complexity index is 1060. The quantitative estimate of drug-likeness (QED) is 0.277. The van der Waals surface area contributed by atoms with Gasteiger partial charge in [0, 0.05) is 0 Å². The third kappa shape index (κ3) is 5.30. The molecule has 0 unspecified atom stereocenters. The number of primary amides is 1. The van der Waals surface area contributed by atoms with Crippen molar-refractivity contribution < 1.29 is 14.3 Å². The Morgan fingerprint density at radius 1 is 0.667 bits per heavy atom. The van der Waals surface area contributed by atoms with Crippen LogP contribution in [0, 0.1) is 0 Å². The highest BCUT2D eigenvalue weighted by molar-refractivity contribution is 5.76. The van der Waals surface area contributed by atoms with Gasteiger partial charge in [0.15, 0.2) is 0 Å². The number of rotatable bonds is 10. The van der Waals surface area contributed by atoms with E-state index in [1.807, 2.05) is 78.9 Å². The SMILES string of the molecule is NC(=O)Cc1cccc(OCCOC(c2ccccc2)(c2ccccc2)c2ccccc2)c1. The van der Waals surface area contributed by atoms with Crippen molar-refractivity contribution in [3.8, 4) is 5.75 Å². The predicted octanol–water partition coefficient (Wildman–Crippen LogP) is 5.10. The number of ether oxygens (including phenoxy) is 2. The lowest BCUT2D eigenvalue weighted by Crippen LogP contribution is -2.34. The Morgan fingerprint density at radius 2 is 1.18 bits per heavy atom. The van der Waals surface area contributed by atoms with Crippen LogP contribution in [0.1, 0.15) is 22.3 Å². The fourth-order valence-corrected chi connectivity index (χ4v) is 4.07. The maximum absolute atomic E-state index is 11.2. The smallest absolute Gasteiger partial charge is 0.221 e. The summed E-state index contributed by atoms with van der Waals surface area (Å²) in [5.74, 6) is 0.316. The van der Waals surface area contributed by atoms with Gasteiger partial charge in [-0.1, -0.05) is 103 Å². The van der Waals surface area contributed by atoms with E-state index in [1.54, 1.807) is 0 Å². The molecule has 0 aliphatic rings. The molecular weight excluding hydrogens is 410 g/mol. The second-order valence-corrected chi connectivity index (χ2v) is 7.77. The molecule has 1 amide bonds. The molecule has 4 heteroatoms. The zero-order valence-corrected chi connectivity index (χ0v) is 18.4. The molecule has 4 aromatic carbocycles. The number of hydrogen-bond acceptors (Lipinski definition) is 3. The van der Waals surface area contributed by atoms with Gasteiger partial charge >= 0.3 is 0 Å². The highest BCUT2D eigenvalue weighted by atomic mass is 16.5. The summed E-state index contributed by atoms with van der Waals surface area (Å²) in [6.07, 6.45) is 0.187. The molecule has 4 rings (SSSR count). The average Bonchev–Trinajstić information content (AvgIpc) is 2.86. The van der Waals surface area contributed by atoms with Gasteiger partial charge in [0.05, 0.1) is 13.0 Å². The Hall–Kier alpha value is -3.89. The van der Waals surface area contributed by atoms with Crippen molar-refractivity contribution in [2.24, 2.45) is 5.73 Å². The zero-order chi connectivity index (χ0) is 22.9. The van der Waals surface area contributed by atoms with E-state index in [4.69, 9.17) is 15.2 Å². The van der Waals surface area contributed by atoms with Gasteiger partial charge < -0.3 is 15.2 Å². The summed E-state index contributed by atoms with van der Waals surface area (Å²) in [6, 6.07) is 38.2. The number of hydrogen-bond donors (Lipinski definition) is 1. The van der Waals surface area contributed by atoms with Crippen LogP contribution in [-0.2, 0) is 21.6 Å². The minimum atomic E-state index is -0.777. The van der Waals surface area contributed by atoms with Crippen LogP contribution in [0.15, 0.2) is 115 Å². The Balaban J connectivity index is 1.60. The fourth-order valence-electron chi connectivity index (χ4n) is 4.07. The number of nitrogens with two attached hydrogens (primary N) is 1. The topological polar surface area (TPSA) is 61.6 Å². The molecule has 0 fully saturated rings. The van der Waals surface area contributed by atoms with Crippen molar-refractivity contribution in [1.29, 1.82) is 0 Å². The van der Waals surface area contributed by atoms with Gasteiger partial charge in [-0.3, -0.25) is 4.79 Å². The number of carbonyl (C=O) groups is 1. The normalized spacial score (nSPS) is 11.2. The van der Waals surface area contributed by atoms with Crippen molar-refractivity contribution in [2.45, 2.75) is 12.0 Å². The summed E-state index contributed by atoms with van der Waals surface area (Å²) in [4.78, 5) is 11.2. The van der Waals surface area contributed by atoms with Crippen molar-refractivity contribution in [1.82, 2.24) is 0 Å². The maximum Gasteiger partial charge on any atom is 0.221 e. The Kier molecular flexibility index (Phi) is 7.18. The predicted molar refractivity (Wildman–Crippen MR) is 130 cm³/mol. The van der Waals surface area contributed by atoms with E-state index in [2.05, 4.69) is 36.4 Å².